The van der Waals surface area contributed by atoms with Crippen LogP contribution in [0.25, 0.3) is 0 Å². The van der Waals surface area contributed by atoms with Crippen molar-refractivity contribution in [1.29, 1.82) is 0 Å². The van der Waals surface area contributed by atoms with Gasteiger partial charge in [0.15, 0.2) is 6.10 Å². The zero-order valence-electron chi connectivity index (χ0n) is 34.0. The highest BCUT2D eigenvalue weighted by Crippen LogP contribution is 2.53. The van der Waals surface area contributed by atoms with Crippen LogP contribution in [0, 0.1) is 47.4 Å². The SMILES string of the molecule is CC#CC#CC#CC#CC(=O)OC[C@H](COP(=O)(O)OC1C(O)[C@H](OP(=O)(O)O)C(OP(=O)(O)O)C(OP(=O)(O)O)[C@@H]1O)OC(=O)CCCCCCCCCCCCCCC.S.[HH].[HH].[HH].[HH].[HH].[HH].[HH]. The van der Waals surface area contributed by atoms with Crippen LogP contribution in [0.4, 0.5) is 0 Å². The maximum atomic E-state index is 13.1. The highest BCUT2D eigenvalue weighted by Gasteiger charge is 2.59. The number of esters is 2. The van der Waals surface area contributed by atoms with E-state index in [1.807, 2.05) is 5.92 Å². The fourth-order valence-corrected chi connectivity index (χ4v) is 8.25. The molecule has 0 saturated heterocycles. The molecule has 0 aromatic heterocycles. The van der Waals surface area contributed by atoms with Gasteiger partial charge in [-0.3, -0.25) is 27.4 Å². The van der Waals surface area contributed by atoms with E-state index in [0.29, 0.717) is 12.8 Å². The molecular weight excluding hydrogens is 928 g/mol. The molecule has 8 atom stereocenters. The van der Waals surface area contributed by atoms with Crippen LogP contribution < -0.4 is 0 Å². The Kier molecular flexibility index (Phi) is 29.9. The lowest BCUT2D eigenvalue weighted by Gasteiger charge is -2.45. The van der Waals surface area contributed by atoms with Crippen LogP contribution in [0.1, 0.15) is 114 Å². The molecule has 1 rings (SSSR count). The van der Waals surface area contributed by atoms with Crippen molar-refractivity contribution in [2.75, 3.05) is 13.2 Å². The second-order valence-corrected chi connectivity index (χ2v) is 18.3. The second-order valence-electron chi connectivity index (χ2n) is 13.3. The van der Waals surface area contributed by atoms with Gasteiger partial charge in [0.2, 0.25) is 0 Å². The largest absolute Gasteiger partial charge is 0.472 e. The van der Waals surface area contributed by atoms with Gasteiger partial charge in [-0.1, -0.05) is 89.9 Å². The smallest absolute Gasteiger partial charge is 0.456 e. The van der Waals surface area contributed by atoms with Crippen LogP contribution in [0.5, 0.6) is 0 Å². The summed E-state index contributed by atoms with van der Waals surface area (Å²) in [5, 5.41) is 21.7. The number of phosphoric acid groups is 4. The molecule has 0 spiro atoms. The lowest BCUT2D eigenvalue weighted by atomic mass is 9.85. The summed E-state index contributed by atoms with van der Waals surface area (Å²) in [7, 11) is -23.1. The van der Waals surface area contributed by atoms with E-state index in [1.165, 1.54) is 38.5 Å². The van der Waals surface area contributed by atoms with Gasteiger partial charge in [0.1, 0.15) is 43.2 Å². The Morgan fingerprint density at radius 3 is 1.45 bits per heavy atom. The monoisotopic (exact) mass is 998 g/mol. The molecule has 0 aromatic rings. The van der Waals surface area contributed by atoms with E-state index < -0.39 is 99.2 Å². The standard InChI is InChI=1S/C35H54O22P4.H2S.7H2/c1-3-5-7-9-11-12-13-14-15-16-18-20-22-24-29(37)53-27(25-51-28(36)23-21-19-17-10-8-6-4-2)26-52-61(49,50)57-32-30(38)33(54-58(40,41)42)35(56-60(46,47)48)34(31(32)39)55-59(43,44)45;;;;;;;;/h27,30-35,38-39H,3,5,7,9,11-16,18,20,22,24-26H2,1-2H3,(H,49,50)(H2,40,41,42)(H2,43,44,45)(H2,46,47,48);1H2;7*1H/t27-,30-,31?,32?,33?,34+,35?;;;;;;;;/m1......../s1. The Balaban J connectivity index is -0.000000775. The maximum absolute atomic E-state index is 13.1. The topological polar surface area (TPSA) is 349 Å². The Labute approximate surface area is 377 Å². The van der Waals surface area contributed by atoms with Crippen molar-refractivity contribution in [2.45, 2.75) is 146 Å². The Morgan fingerprint density at radius 1 is 0.581 bits per heavy atom. The predicted molar refractivity (Wildman–Crippen MR) is 237 cm³/mol. The van der Waals surface area contributed by atoms with Gasteiger partial charge in [0.25, 0.3) is 0 Å². The lowest BCUT2D eigenvalue weighted by molar-refractivity contribution is -0.209. The van der Waals surface area contributed by atoms with E-state index in [4.69, 9.17) is 18.5 Å². The molecule has 0 bridgehead atoms. The number of rotatable bonds is 28. The van der Waals surface area contributed by atoms with Crippen molar-refractivity contribution in [3.05, 3.63) is 0 Å². The number of carbonyl (C=O) groups excluding carboxylic acids is 2. The molecule has 9 N–H and O–H groups in total. The van der Waals surface area contributed by atoms with Crippen LogP contribution >= 0.6 is 44.8 Å². The number of hydrogen-bond acceptors (Lipinski definition) is 15. The van der Waals surface area contributed by atoms with E-state index in [0.717, 1.165) is 32.1 Å². The summed E-state index contributed by atoms with van der Waals surface area (Å²) >= 11 is 0. The Hall–Kier alpha value is -2.11. The number of phosphoric ester groups is 4. The summed E-state index contributed by atoms with van der Waals surface area (Å²) in [5.41, 5.74) is 0. The first-order chi connectivity index (χ1) is 28.5. The fourth-order valence-electron chi connectivity index (χ4n) is 5.60. The first-order valence-corrected chi connectivity index (χ1v) is 25.1. The second kappa shape index (κ2) is 30.9. The van der Waals surface area contributed by atoms with Gasteiger partial charge in [-0.05, 0) is 48.9 Å². The summed E-state index contributed by atoms with van der Waals surface area (Å²) in [6, 6.07) is 0. The molecule has 1 fully saturated rings. The summed E-state index contributed by atoms with van der Waals surface area (Å²) in [6.07, 6.45) is -4.79. The minimum atomic E-state index is -5.80. The number of aliphatic hydroxyl groups is 2. The minimum absolute atomic E-state index is 0. The van der Waals surface area contributed by atoms with Gasteiger partial charge in [0, 0.05) is 22.3 Å². The minimum Gasteiger partial charge on any atom is -0.456 e. The normalized spacial score (nSPS) is 21.3. The summed E-state index contributed by atoms with van der Waals surface area (Å²) in [5.74, 6) is 16.4. The molecule has 368 valence electrons. The van der Waals surface area contributed by atoms with Crippen molar-refractivity contribution in [2.24, 2.45) is 0 Å². The van der Waals surface area contributed by atoms with Crippen LogP contribution in [0.3, 0.4) is 0 Å². The van der Waals surface area contributed by atoms with Gasteiger partial charge in [0.05, 0.1) is 6.61 Å². The van der Waals surface area contributed by atoms with Crippen molar-refractivity contribution >= 4 is 56.7 Å². The fraction of sp³-hybridized carbons (Fsp3) is 0.714. The van der Waals surface area contributed by atoms with Crippen molar-refractivity contribution < 1.29 is 114 Å². The quantitative estimate of drug-likeness (QED) is 0.0172. The van der Waals surface area contributed by atoms with Crippen molar-refractivity contribution in [3.8, 4) is 47.4 Å². The molecule has 0 radical (unpaired) electrons. The van der Waals surface area contributed by atoms with Gasteiger partial charge in [-0.2, -0.15) is 13.5 Å². The van der Waals surface area contributed by atoms with Gasteiger partial charge in [-0.15, -0.1) is 0 Å². The molecule has 22 nitrogen and oxygen atoms in total. The van der Waals surface area contributed by atoms with Gasteiger partial charge < -0.3 is 53.9 Å². The highest BCUT2D eigenvalue weighted by molar-refractivity contribution is 7.59. The van der Waals surface area contributed by atoms with E-state index in [1.54, 1.807) is 6.92 Å². The molecule has 27 heteroatoms. The molecule has 1 aliphatic rings. The number of ether oxygens (including phenoxy) is 2. The van der Waals surface area contributed by atoms with Gasteiger partial charge in [-0.25, -0.2) is 23.1 Å². The molecule has 0 aromatic carbocycles. The molecule has 0 amide bonds. The number of unbranched alkanes of at least 4 members (excludes halogenated alkanes) is 12. The van der Waals surface area contributed by atoms with Crippen LogP contribution in [-0.2, 0) is 59.9 Å². The van der Waals surface area contributed by atoms with E-state index in [9.17, 15) is 72.3 Å². The molecule has 0 heterocycles. The average Bonchev–Trinajstić information content (AvgIpc) is 3.14. The molecular formula is C35H70O22P4S. The van der Waals surface area contributed by atoms with E-state index in [-0.39, 0.29) is 29.9 Å². The molecule has 1 saturated carbocycles. The summed E-state index contributed by atoms with van der Waals surface area (Å²) < 4.78 is 80.9. The Morgan fingerprint density at radius 2 is 1.00 bits per heavy atom. The van der Waals surface area contributed by atoms with Crippen LogP contribution in [0.2, 0.25) is 0 Å². The Bertz CT molecular complexity index is 1830. The lowest BCUT2D eigenvalue weighted by Crippen LogP contribution is -2.65. The first-order valence-electron chi connectivity index (χ1n) is 19.0. The zero-order chi connectivity index (χ0) is 46.1. The van der Waals surface area contributed by atoms with Crippen LogP contribution in [-0.4, -0.2) is 112 Å². The van der Waals surface area contributed by atoms with Crippen molar-refractivity contribution in [1.82, 2.24) is 0 Å². The molecule has 62 heavy (non-hydrogen) atoms. The summed E-state index contributed by atoms with van der Waals surface area (Å²) in [6.45, 7) is 1.79. The molecule has 5 unspecified atom stereocenters. The number of aliphatic hydroxyl groups excluding tert-OH is 2. The molecule has 0 aliphatic heterocycles. The molecule has 1 aliphatic carbocycles. The predicted octanol–water partition coefficient (Wildman–Crippen LogP) is 4.46. The summed E-state index contributed by atoms with van der Waals surface area (Å²) in [4.78, 5) is 91.6. The van der Waals surface area contributed by atoms with Crippen LogP contribution in [0.15, 0.2) is 0 Å². The number of carbonyl (C=O) groups is 2. The zero-order valence-corrected chi connectivity index (χ0v) is 38.6. The van der Waals surface area contributed by atoms with E-state index >= 15 is 0 Å². The maximum Gasteiger partial charge on any atom is 0.472 e. The third kappa shape index (κ3) is 28.6. The average molecular weight is 999 g/mol. The van der Waals surface area contributed by atoms with Gasteiger partial charge >= 0.3 is 43.2 Å². The first kappa shape index (κ1) is 59.9. The highest BCUT2D eigenvalue weighted by atomic mass is 32.1. The van der Waals surface area contributed by atoms with E-state index in [2.05, 4.69) is 61.9 Å². The third-order valence-electron chi connectivity index (χ3n) is 8.23. The van der Waals surface area contributed by atoms with Crippen molar-refractivity contribution in [3.63, 3.8) is 0 Å². The number of hydrogen-bond donors (Lipinski definition) is 9. The third-order valence-corrected chi connectivity index (χ3v) is 10.8.